The maximum atomic E-state index is 13.1. The largest absolute Gasteiger partial charge is 0.573 e. The molecule has 0 unspecified atom stereocenters. The summed E-state index contributed by atoms with van der Waals surface area (Å²) in [4.78, 5) is 3.83. The zero-order chi connectivity index (χ0) is 15.5. The van der Waals surface area contributed by atoms with Crippen LogP contribution in [-0.4, -0.2) is 17.6 Å². The van der Waals surface area contributed by atoms with Crippen LogP contribution in [0.4, 0.5) is 28.5 Å². The standard InChI is InChI=1S/C11H8F4N4OS/c12-7-1-2-8(20-11(13,14)15)6(3-7)4-17-19-10-18-9(16)5-21-10/h1-5H,16H2,(H,18,19). The first-order valence-corrected chi connectivity index (χ1v) is 6.27. The molecule has 1 heterocycles. The minimum atomic E-state index is -4.88. The molecule has 0 amide bonds. The van der Waals surface area contributed by atoms with Crippen molar-refractivity contribution < 1.29 is 22.3 Å². The Hall–Kier alpha value is -2.36. The van der Waals surface area contributed by atoms with Crippen molar-refractivity contribution in [1.29, 1.82) is 0 Å². The first kappa shape index (κ1) is 15.0. The summed E-state index contributed by atoms with van der Waals surface area (Å²) in [5.41, 5.74) is 7.67. The van der Waals surface area contributed by atoms with Crippen molar-refractivity contribution in [3.8, 4) is 5.75 Å². The molecule has 0 radical (unpaired) electrons. The Bertz CT molecular complexity index is 656. The summed E-state index contributed by atoms with van der Waals surface area (Å²) < 4.78 is 53.5. The number of benzene rings is 1. The lowest BCUT2D eigenvalue weighted by atomic mass is 10.2. The zero-order valence-corrected chi connectivity index (χ0v) is 11.0. The van der Waals surface area contributed by atoms with Gasteiger partial charge in [-0.25, -0.2) is 9.37 Å². The van der Waals surface area contributed by atoms with Gasteiger partial charge in [0.25, 0.3) is 0 Å². The van der Waals surface area contributed by atoms with Crippen molar-refractivity contribution in [1.82, 2.24) is 4.98 Å². The highest BCUT2D eigenvalue weighted by Crippen LogP contribution is 2.26. The van der Waals surface area contributed by atoms with Crippen LogP contribution < -0.4 is 15.9 Å². The Morgan fingerprint density at radius 1 is 1.38 bits per heavy atom. The van der Waals surface area contributed by atoms with E-state index >= 15 is 0 Å². The smallest absolute Gasteiger partial charge is 0.405 e. The maximum Gasteiger partial charge on any atom is 0.573 e. The van der Waals surface area contributed by atoms with E-state index in [0.717, 1.165) is 35.8 Å². The first-order chi connectivity index (χ1) is 9.83. The van der Waals surface area contributed by atoms with E-state index in [1.165, 1.54) is 0 Å². The highest BCUT2D eigenvalue weighted by molar-refractivity contribution is 7.14. The van der Waals surface area contributed by atoms with Crippen molar-refractivity contribution in [2.75, 3.05) is 11.2 Å². The van der Waals surface area contributed by atoms with Gasteiger partial charge >= 0.3 is 6.36 Å². The van der Waals surface area contributed by atoms with Crippen LogP contribution >= 0.6 is 11.3 Å². The number of hydrogen-bond acceptors (Lipinski definition) is 6. The van der Waals surface area contributed by atoms with Crippen molar-refractivity contribution in [2.45, 2.75) is 6.36 Å². The van der Waals surface area contributed by atoms with Gasteiger partial charge in [-0.15, -0.1) is 24.5 Å². The van der Waals surface area contributed by atoms with Gasteiger partial charge in [0.2, 0.25) is 5.13 Å². The summed E-state index contributed by atoms with van der Waals surface area (Å²) in [6.07, 6.45) is -3.89. The second kappa shape index (κ2) is 5.95. The molecule has 1 aromatic heterocycles. The molecule has 0 bridgehead atoms. The molecule has 0 saturated heterocycles. The molecule has 1 aromatic carbocycles. The van der Waals surface area contributed by atoms with Crippen molar-refractivity contribution >= 4 is 28.5 Å². The lowest BCUT2D eigenvalue weighted by molar-refractivity contribution is -0.274. The van der Waals surface area contributed by atoms with Crippen LogP contribution in [0.2, 0.25) is 0 Å². The molecule has 3 N–H and O–H groups in total. The van der Waals surface area contributed by atoms with Gasteiger partial charge in [-0.3, -0.25) is 5.43 Å². The summed E-state index contributed by atoms with van der Waals surface area (Å²) in [5.74, 6) is -0.998. The van der Waals surface area contributed by atoms with E-state index in [-0.39, 0.29) is 11.4 Å². The Morgan fingerprint density at radius 2 is 2.14 bits per heavy atom. The third-order valence-corrected chi connectivity index (χ3v) is 2.85. The van der Waals surface area contributed by atoms with Crippen LogP contribution in [0.5, 0.6) is 5.75 Å². The Morgan fingerprint density at radius 3 is 2.76 bits per heavy atom. The third-order valence-electron chi connectivity index (χ3n) is 2.08. The zero-order valence-electron chi connectivity index (χ0n) is 10.2. The molecule has 0 atom stereocenters. The molecular weight excluding hydrogens is 312 g/mol. The summed E-state index contributed by atoms with van der Waals surface area (Å²) >= 11 is 1.16. The molecule has 0 aliphatic heterocycles. The van der Waals surface area contributed by atoms with Crippen LogP contribution in [0, 0.1) is 5.82 Å². The highest BCUT2D eigenvalue weighted by atomic mass is 32.1. The Kier molecular flexibility index (Phi) is 4.26. The number of nitrogen functional groups attached to an aromatic ring is 1. The summed E-state index contributed by atoms with van der Waals surface area (Å²) in [7, 11) is 0. The minimum Gasteiger partial charge on any atom is -0.405 e. The highest BCUT2D eigenvalue weighted by Gasteiger charge is 2.32. The van der Waals surface area contributed by atoms with Crippen LogP contribution in [-0.2, 0) is 0 Å². The second-order valence-corrected chi connectivity index (χ2v) is 4.54. The molecule has 2 rings (SSSR count). The van der Waals surface area contributed by atoms with Crippen molar-refractivity contribution in [2.24, 2.45) is 5.10 Å². The normalized spacial score (nSPS) is 11.8. The monoisotopic (exact) mass is 320 g/mol. The molecule has 112 valence electrons. The fraction of sp³-hybridized carbons (Fsp3) is 0.0909. The average molecular weight is 320 g/mol. The first-order valence-electron chi connectivity index (χ1n) is 5.39. The Labute approximate surface area is 120 Å². The molecule has 0 spiro atoms. The maximum absolute atomic E-state index is 13.1. The quantitative estimate of drug-likeness (QED) is 0.515. The van der Waals surface area contributed by atoms with Crippen molar-refractivity contribution in [3.63, 3.8) is 0 Å². The number of alkyl halides is 3. The van der Waals surface area contributed by atoms with E-state index in [1.54, 1.807) is 5.38 Å². The molecule has 21 heavy (non-hydrogen) atoms. The van der Waals surface area contributed by atoms with Gasteiger partial charge in [-0.1, -0.05) is 0 Å². The number of hydrogen-bond donors (Lipinski definition) is 2. The van der Waals surface area contributed by atoms with Gasteiger partial charge in [0.15, 0.2) is 0 Å². The number of anilines is 2. The van der Waals surface area contributed by atoms with E-state index < -0.39 is 17.9 Å². The topological polar surface area (TPSA) is 72.5 Å². The van der Waals surface area contributed by atoms with Crippen molar-refractivity contribution in [3.05, 3.63) is 35.0 Å². The van der Waals surface area contributed by atoms with E-state index in [9.17, 15) is 17.6 Å². The SMILES string of the molecule is Nc1csc(NN=Cc2cc(F)ccc2OC(F)(F)F)n1. The molecule has 0 aliphatic rings. The summed E-state index contributed by atoms with van der Waals surface area (Å²) in [6.45, 7) is 0. The van der Waals surface area contributed by atoms with Gasteiger partial charge in [-0.05, 0) is 18.2 Å². The lowest BCUT2D eigenvalue weighted by Gasteiger charge is -2.10. The number of ether oxygens (including phenoxy) is 1. The lowest BCUT2D eigenvalue weighted by Crippen LogP contribution is -2.18. The predicted molar refractivity (Wildman–Crippen MR) is 70.8 cm³/mol. The number of nitrogens with two attached hydrogens (primary N) is 1. The fourth-order valence-electron chi connectivity index (χ4n) is 1.33. The molecule has 0 saturated carbocycles. The summed E-state index contributed by atoms with van der Waals surface area (Å²) in [5, 5.41) is 5.56. The van der Waals surface area contributed by atoms with Gasteiger partial charge in [0.1, 0.15) is 17.4 Å². The molecule has 10 heteroatoms. The second-order valence-electron chi connectivity index (χ2n) is 3.68. The van der Waals surface area contributed by atoms with Gasteiger partial charge in [0.05, 0.1) is 6.21 Å². The molecule has 2 aromatic rings. The number of halogens is 4. The predicted octanol–water partition coefficient (Wildman–Crippen LogP) is 3.21. The third kappa shape index (κ3) is 4.60. The molecule has 0 fully saturated rings. The van der Waals surface area contributed by atoms with Gasteiger partial charge in [0, 0.05) is 10.9 Å². The van der Waals surface area contributed by atoms with E-state index in [2.05, 4.69) is 20.2 Å². The Balaban J connectivity index is 2.15. The summed E-state index contributed by atoms with van der Waals surface area (Å²) in [6, 6.07) is 2.58. The number of thiazole rings is 1. The number of hydrazone groups is 1. The molecule has 0 aliphatic carbocycles. The van der Waals surface area contributed by atoms with E-state index in [4.69, 9.17) is 5.73 Å². The van der Waals surface area contributed by atoms with Gasteiger partial charge < -0.3 is 10.5 Å². The number of nitrogens with zero attached hydrogens (tertiary/aromatic N) is 2. The number of rotatable bonds is 4. The van der Waals surface area contributed by atoms with Crippen LogP contribution in [0.3, 0.4) is 0 Å². The number of nitrogens with one attached hydrogen (secondary N) is 1. The number of aromatic nitrogens is 1. The van der Waals surface area contributed by atoms with Crippen LogP contribution in [0.1, 0.15) is 5.56 Å². The fourth-order valence-corrected chi connectivity index (χ4v) is 1.88. The van der Waals surface area contributed by atoms with Gasteiger partial charge in [-0.2, -0.15) is 5.10 Å². The molecular formula is C11H8F4N4OS. The van der Waals surface area contributed by atoms with Crippen LogP contribution in [0.15, 0.2) is 28.7 Å². The average Bonchev–Trinajstić information content (AvgIpc) is 2.77. The van der Waals surface area contributed by atoms with Crippen LogP contribution in [0.25, 0.3) is 0 Å². The van der Waals surface area contributed by atoms with E-state index in [1.807, 2.05) is 0 Å². The minimum absolute atomic E-state index is 0.177. The molecule has 5 nitrogen and oxygen atoms in total. The van der Waals surface area contributed by atoms with E-state index in [0.29, 0.717) is 5.13 Å².